The molecule has 0 radical (unpaired) electrons. The molecule has 2 aliphatic rings. The smallest absolute Gasteiger partial charge is 0.291 e. The van der Waals surface area contributed by atoms with Gasteiger partial charge in [0.05, 0.1) is 0 Å². The molecule has 0 atom stereocenters. The normalized spacial score (nSPS) is 24.5. The van der Waals surface area contributed by atoms with Crippen LogP contribution in [-0.4, -0.2) is 15.8 Å². The number of hydrogen-bond acceptors (Lipinski definition) is 3. The van der Waals surface area contributed by atoms with E-state index in [2.05, 4.69) is 0 Å². The van der Waals surface area contributed by atoms with Gasteiger partial charge in [0.25, 0.3) is 5.09 Å². The summed E-state index contributed by atoms with van der Waals surface area (Å²) in [5, 5.41) is 13.6. The molecule has 2 aliphatic carbocycles. The number of rotatable bonds is 1. The second kappa shape index (κ2) is 6.79. The summed E-state index contributed by atoms with van der Waals surface area (Å²) in [7, 11) is 0. The SMILES string of the molecule is NC1(C2CCCCC2)CCCCC1.O=[N+]([O-])O. The topological polar surface area (TPSA) is 89.4 Å². The highest BCUT2D eigenvalue weighted by molar-refractivity contribution is 4.94. The highest BCUT2D eigenvalue weighted by Gasteiger charge is 2.36. The van der Waals surface area contributed by atoms with E-state index in [0.717, 1.165) is 5.92 Å². The van der Waals surface area contributed by atoms with Crippen molar-refractivity contribution in [3.63, 3.8) is 0 Å². The van der Waals surface area contributed by atoms with Gasteiger partial charge in [-0.1, -0.05) is 38.5 Å². The summed E-state index contributed by atoms with van der Waals surface area (Å²) in [6.45, 7) is 0. The van der Waals surface area contributed by atoms with Crippen LogP contribution in [-0.2, 0) is 0 Å². The third-order valence-electron chi connectivity index (χ3n) is 4.20. The van der Waals surface area contributed by atoms with Gasteiger partial charge in [0, 0.05) is 5.54 Å². The predicted molar refractivity (Wildman–Crippen MR) is 65.4 cm³/mol. The Morgan fingerprint density at radius 1 is 1.06 bits per heavy atom. The maximum atomic E-state index is 8.36. The largest absolute Gasteiger partial charge is 0.328 e. The van der Waals surface area contributed by atoms with E-state index in [1.54, 1.807) is 0 Å². The maximum absolute atomic E-state index is 8.36. The minimum absolute atomic E-state index is 0.249. The molecule has 5 heteroatoms. The summed E-state index contributed by atoms with van der Waals surface area (Å²) in [5.41, 5.74) is 6.78. The Balaban J connectivity index is 0.000000317. The van der Waals surface area contributed by atoms with Gasteiger partial charge in [-0.3, -0.25) is 0 Å². The van der Waals surface area contributed by atoms with Crippen LogP contribution in [0.5, 0.6) is 0 Å². The molecule has 0 aliphatic heterocycles. The summed E-state index contributed by atoms with van der Waals surface area (Å²) < 4.78 is 0. The number of nitrogens with two attached hydrogens (primary N) is 1. The summed E-state index contributed by atoms with van der Waals surface area (Å²) >= 11 is 0. The van der Waals surface area contributed by atoms with E-state index < -0.39 is 5.09 Å². The van der Waals surface area contributed by atoms with Crippen molar-refractivity contribution >= 4 is 0 Å². The van der Waals surface area contributed by atoms with E-state index in [0.29, 0.717) is 0 Å². The Bertz CT molecular complexity index is 230. The molecule has 0 heterocycles. The Morgan fingerprint density at radius 3 is 1.94 bits per heavy atom. The van der Waals surface area contributed by atoms with Crippen LogP contribution in [0, 0.1) is 16.0 Å². The van der Waals surface area contributed by atoms with E-state index >= 15 is 0 Å². The molecule has 100 valence electrons. The van der Waals surface area contributed by atoms with Crippen LogP contribution in [0.15, 0.2) is 0 Å². The van der Waals surface area contributed by atoms with Gasteiger partial charge in [-0.05, 0) is 31.6 Å². The lowest BCUT2D eigenvalue weighted by molar-refractivity contribution is -0.742. The van der Waals surface area contributed by atoms with E-state index in [1.165, 1.54) is 64.2 Å². The molecule has 0 spiro atoms. The quantitative estimate of drug-likeness (QED) is 0.548. The molecule has 0 amide bonds. The lowest BCUT2D eigenvalue weighted by Crippen LogP contribution is -2.49. The number of hydrogen-bond donors (Lipinski definition) is 2. The molecule has 17 heavy (non-hydrogen) atoms. The van der Waals surface area contributed by atoms with Crippen LogP contribution in [0.2, 0.25) is 0 Å². The minimum Gasteiger partial charge on any atom is -0.328 e. The lowest BCUT2D eigenvalue weighted by Gasteiger charge is -2.42. The highest BCUT2D eigenvalue weighted by Crippen LogP contribution is 2.39. The minimum atomic E-state index is -1.50. The van der Waals surface area contributed by atoms with Crippen molar-refractivity contribution in [2.45, 2.75) is 69.7 Å². The van der Waals surface area contributed by atoms with Gasteiger partial charge >= 0.3 is 0 Å². The van der Waals surface area contributed by atoms with Gasteiger partial charge in [0.15, 0.2) is 0 Å². The zero-order valence-corrected chi connectivity index (χ0v) is 10.4. The lowest BCUT2D eigenvalue weighted by atomic mass is 9.68. The fourth-order valence-electron chi connectivity index (χ4n) is 3.30. The average Bonchev–Trinajstić information content (AvgIpc) is 2.30. The summed E-state index contributed by atoms with van der Waals surface area (Å²) in [4.78, 5) is 8.36. The zero-order chi connectivity index (χ0) is 12.7. The van der Waals surface area contributed by atoms with Crippen LogP contribution in [0.3, 0.4) is 0 Å². The second-order valence-electron chi connectivity index (χ2n) is 5.37. The van der Waals surface area contributed by atoms with Gasteiger partial charge in [0.2, 0.25) is 0 Å². The van der Waals surface area contributed by atoms with E-state index in [1.807, 2.05) is 0 Å². The van der Waals surface area contributed by atoms with Gasteiger partial charge in [0.1, 0.15) is 0 Å². The first-order valence-electron chi connectivity index (χ1n) is 6.67. The predicted octanol–water partition coefficient (Wildman–Crippen LogP) is 2.88. The summed E-state index contributed by atoms with van der Waals surface area (Å²) in [6, 6.07) is 0. The molecule has 0 aromatic heterocycles. The molecule has 0 aromatic rings. The van der Waals surface area contributed by atoms with Gasteiger partial charge in [-0.2, -0.15) is 0 Å². The fraction of sp³-hybridized carbons (Fsp3) is 1.00. The molecule has 0 bridgehead atoms. The summed E-state index contributed by atoms with van der Waals surface area (Å²) in [6.07, 6.45) is 13.9. The molecule has 2 fully saturated rings. The molecular weight excluding hydrogens is 220 g/mol. The Morgan fingerprint density at radius 2 is 1.47 bits per heavy atom. The zero-order valence-electron chi connectivity index (χ0n) is 10.4. The highest BCUT2D eigenvalue weighted by atomic mass is 16.9. The van der Waals surface area contributed by atoms with Gasteiger partial charge in [-0.15, -0.1) is 10.1 Å². The van der Waals surface area contributed by atoms with E-state index in [4.69, 9.17) is 21.1 Å². The van der Waals surface area contributed by atoms with Crippen LogP contribution in [0.4, 0.5) is 0 Å². The molecule has 3 N–H and O–H groups in total. The third-order valence-corrected chi connectivity index (χ3v) is 4.20. The maximum Gasteiger partial charge on any atom is 0.291 e. The van der Waals surface area contributed by atoms with Crippen LogP contribution in [0.1, 0.15) is 64.2 Å². The first-order chi connectivity index (χ1) is 8.04. The molecule has 0 saturated heterocycles. The van der Waals surface area contributed by atoms with Crippen molar-refractivity contribution < 1.29 is 10.3 Å². The molecule has 0 unspecified atom stereocenters. The second-order valence-corrected chi connectivity index (χ2v) is 5.37. The van der Waals surface area contributed by atoms with Crippen molar-refractivity contribution in [3.05, 3.63) is 10.1 Å². The van der Waals surface area contributed by atoms with E-state index in [9.17, 15) is 0 Å². The van der Waals surface area contributed by atoms with Crippen molar-refractivity contribution in [2.24, 2.45) is 11.7 Å². The molecule has 5 nitrogen and oxygen atoms in total. The first kappa shape index (κ1) is 14.2. The van der Waals surface area contributed by atoms with Crippen LogP contribution < -0.4 is 5.73 Å². The van der Waals surface area contributed by atoms with Gasteiger partial charge in [-0.25, -0.2) is 0 Å². The molecular formula is C12H24N2O3. The Labute approximate surface area is 102 Å². The van der Waals surface area contributed by atoms with Gasteiger partial charge < -0.3 is 10.9 Å². The molecule has 0 aromatic carbocycles. The van der Waals surface area contributed by atoms with Crippen molar-refractivity contribution in [2.75, 3.05) is 0 Å². The average molecular weight is 244 g/mol. The molecule has 2 rings (SSSR count). The number of nitrogens with zero attached hydrogens (tertiary/aromatic N) is 1. The Kier molecular flexibility index (Phi) is 5.68. The van der Waals surface area contributed by atoms with Crippen LogP contribution >= 0.6 is 0 Å². The van der Waals surface area contributed by atoms with Crippen molar-refractivity contribution in [3.8, 4) is 0 Å². The van der Waals surface area contributed by atoms with E-state index in [-0.39, 0.29) is 5.54 Å². The Hall–Kier alpha value is -0.840. The summed E-state index contributed by atoms with van der Waals surface area (Å²) in [5.74, 6) is 0.863. The third kappa shape index (κ3) is 4.89. The molecule has 2 saturated carbocycles. The van der Waals surface area contributed by atoms with Crippen molar-refractivity contribution in [1.82, 2.24) is 0 Å². The first-order valence-corrected chi connectivity index (χ1v) is 6.67. The monoisotopic (exact) mass is 244 g/mol. The van der Waals surface area contributed by atoms with Crippen molar-refractivity contribution in [1.29, 1.82) is 0 Å². The fourth-order valence-corrected chi connectivity index (χ4v) is 3.30. The standard InChI is InChI=1S/C12H23N.HNO3/c13-12(9-5-2-6-10-12)11-7-3-1-4-8-11;2-1(3)4/h11H,1-10,13H2;(H,2,3,4). The van der Waals surface area contributed by atoms with Crippen LogP contribution in [0.25, 0.3) is 0 Å².